The van der Waals surface area contributed by atoms with Crippen molar-refractivity contribution in [3.05, 3.63) is 59.2 Å². The molecule has 2 rings (SSSR count). The molecule has 154 valence electrons. The summed E-state index contributed by atoms with van der Waals surface area (Å²) in [6.07, 6.45) is 0. The van der Waals surface area contributed by atoms with Gasteiger partial charge < -0.3 is 20.7 Å². The lowest BCUT2D eigenvalue weighted by Gasteiger charge is -2.15. The summed E-state index contributed by atoms with van der Waals surface area (Å²) < 4.78 is 5.14. The van der Waals surface area contributed by atoms with E-state index in [1.54, 1.807) is 32.0 Å². The van der Waals surface area contributed by atoms with E-state index >= 15 is 0 Å². The van der Waals surface area contributed by atoms with Gasteiger partial charge in [0.25, 0.3) is 5.91 Å². The minimum absolute atomic E-state index is 0.296. The molecule has 0 aliphatic carbocycles. The van der Waals surface area contributed by atoms with Gasteiger partial charge >= 0.3 is 5.97 Å². The number of aryl methyl sites for hydroxylation is 1. The number of anilines is 2. The van der Waals surface area contributed by atoms with Gasteiger partial charge in [0, 0.05) is 12.2 Å². The van der Waals surface area contributed by atoms with Crippen LogP contribution >= 0.6 is 0 Å². The fourth-order valence-electron chi connectivity index (χ4n) is 2.69. The summed E-state index contributed by atoms with van der Waals surface area (Å²) >= 11 is 0. The van der Waals surface area contributed by atoms with Crippen LogP contribution in [0.5, 0.6) is 0 Å². The van der Waals surface area contributed by atoms with E-state index < -0.39 is 24.5 Å². The first kappa shape index (κ1) is 21.9. The van der Waals surface area contributed by atoms with Crippen molar-refractivity contribution in [2.24, 2.45) is 0 Å². The Morgan fingerprint density at radius 1 is 1.00 bits per heavy atom. The highest BCUT2D eigenvalue weighted by molar-refractivity contribution is 5.98. The third kappa shape index (κ3) is 6.07. The summed E-state index contributed by atoms with van der Waals surface area (Å²) in [6, 6.07) is 12.1. The van der Waals surface area contributed by atoms with E-state index in [1.165, 1.54) is 0 Å². The standard InChI is InChI=1S/C22H27N3O4/c1-5-23-21(27)16(4)24-20(26)13-29-22(28)17-10-6-7-11-19(17)25-18-12-8-9-14(2)15(18)3/h6-12,16,25H,5,13H2,1-4H3,(H,23,27)(H,24,26)/t16-/m0/s1. The number of nitrogens with one attached hydrogen (secondary N) is 3. The number of ether oxygens (including phenoxy) is 1. The molecule has 2 amide bonds. The predicted molar refractivity (Wildman–Crippen MR) is 112 cm³/mol. The predicted octanol–water partition coefficient (Wildman–Crippen LogP) is 2.84. The highest BCUT2D eigenvalue weighted by Crippen LogP contribution is 2.25. The van der Waals surface area contributed by atoms with Gasteiger partial charge in [-0.25, -0.2) is 4.79 Å². The molecular weight excluding hydrogens is 370 g/mol. The molecule has 0 aliphatic heterocycles. The van der Waals surface area contributed by atoms with Gasteiger partial charge in [0.1, 0.15) is 6.04 Å². The Kier molecular flexibility index (Phi) is 7.77. The van der Waals surface area contributed by atoms with E-state index in [0.717, 1.165) is 16.8 Å². The SMILES string of the molecule is CCNC(=O)[C@H](C)NC(=O)COC(=O)c1ccccc1Nc1cccc(C)c1C. The maximum atomic E-state index is 12.5. The Morgan fingerprint density at radius 3 is 2.41 bits per heavy atom. The zero-order chi connectivity index (χ0) is 21.4. The maximum Gasteiger partial charge on any atom is 0.340 e. The summed E-state index contributed by atoms with van der Waals surface area (Å²) in [6.45, 7) is 7.37. The highest BCUT2D eigenvalue weighted by atomic mass is 16.5. The summed E-state index contributed by atoms with van der Waals surface area (Å²) in [5.74, 6) is -1.47. The van der Waals surface area contributed by atoms with Gasteiger partial charge in [0.05, 0.1) is 11.3 Å². The summed E-state index contributed by atoms with van der Waals surface area (Å²) in [5.41, 5.74) is 4.00. The molecular formula is C22H27N3O4. The van der Waals surface area contributed by atoms with Crippen molar-refractivity contribution >= 4 is 29.2 Å². The lowest BCUT2D eigenvalue weighted by atomic mass is 10.1. The molecule has 0 saturated carbocycles. The molecule has 29 heavy (non-hydrogen) atoms. The van der Waals surface area contributed by atoms with E-state index in [9.17, 15) is 14.4 Å². The van der Waals surface area contributed by atoms with Crippen molar-refractivity contribution in [2.75, 3.05) is 18.5 Å². The number of hydrogen-bond donors (Lipinski definition) is 3. The lowest BCUT2D eigenvalue weighted by molar-refractivity contribution is -0.130. The number of carbonyl (C=O) groups excluding carboxylic acids is 3. The van der Waals surface area contributed by atoms with E-state index in [4.69, 9.17) is 4.74 Å². The normalized spacial score (nSPS) is 11.3. The molecule has 0 spiro atoms. The smallest absolute Gasteiger partial charge is 0.340 e. The van der Waals surface area contributed by atoms with Crippen LogP contribution in [0.1, 0.15) is 35.3 Å². The molecule has 0 radical (unpaired) electrons. The molecule has 0 aliphatic rings. The summed E-state index contributed by atoms with van der Waals surface area (Å²) in [7, 11) is 0. The molecule has 3 N–H and O–H groups in total. The second-order valence-corrected chi connectivity index (χ2v) is 6.68. The number of para-hydroxylation sites is 1. The Morgan fingerprint density at radius 2 is 1.69 bits per heavy atom. The van der Waals surface area contributed by atoms with Crippen LogP contribution in [0.2, 0.25) is 0 Å². The molecule has 7 heteroatoms. The number of esters is 1. The van der Waals surface area contributed by atoms with Gasteiger partial charge in [0.15, 0.2) is 6.61 Å². The number of benzene rings is 2. The first-order chi connectivity index (χ1) is 13.8. The van der Waals surface area contributed by atoms with Crippen LogP contribution in [0.15, 0.2) is 42.5 Å². The Labute approximate surface area is 170 Å². The van der Waals surface area contributed by atoms with E-state index in [0.29, 0.717) is 17.8 Å². The molecule has 0 heterocycles. The van der Waals surface area contributed by atoms with Crippen molar-refractivity contribution in [1.29, 1.82) is 0 Å². The monoisotopic (exact) mass is 397 g/mol. The fourth-order valence-corrected chi connectivity index (χ4v) is 2.69. The summed E-state index contributed by atoms with van der Waals surface area (Å²) in [5, 5.41) is 8.36. The van der Waals surface area contributed by atoms with Crippen LogP contribution in [0, 0.1) is 13.8 Å². The highest BCUT2D eigenvalue weighted by Gasteiger charge is 2.18. The van der Waals surface area contributed by atoms with Crippen LogP contribution in [-0.4, -0.2) is 37.0 Å². The molecule has 1 atom stereocenters. The van der Waals surface area contributed by atoms with Gasteiger partial charge in [-0.2, -0.15) is 0 Å². The van der Waals surface area contributed by atoms with Crippen molar-refractivity contribution in [2.45, 2.75) is 33.7 Å². The average Bonchev–Trinajstić information content (AvgIpc) is 2.70. The van der Waals surface area contributed by atoms with Crippen LogP contribution in [0.25, 0.3) is 0 Å². The van der Waals surface area contributed by atoms with Crippen LogP contribution in [0.3, 0.4) is 0 Å². The number of hydrogen-bond acceptors (Lipinski definition) is 5. The summed E-state index contributed by atoms with van der Waals surface area (Å²) in [4.78, 5) is 36.2. The Balaban J connectivity index is 2.02. The van der Waals surface area contributed by atoms with Crippen molar-refractivity contribution < 1.29 is 19.1 Å². The second kappa shape index (κ2) is 10.3. The fraction of sp³-hybridized carbons (Fsp3) is 0.318. The lowest BCUT2D eigenvalue weighted by Crippen LogP contribution is -2.46. The van der Waals surface area contributed by atoms with Crippen molar-refractivity contribution in [3.8, 4) is 0 Å². The quantitative estimate of drug-likeness (QED) is 0.595. The largest absolute Gasteiger partial charge is 0.452 e. The molecule has 0 aromatic heterocycles. The minimum atomic E-state index is -0.709. The third-order valence-electron chi connectivity index (χ3n) is 4.48. The van der Waals surface area contributed by atoms with Crippen LogP contribution < -0.4 is 16.0 Å². The van der Waals surface area contributed by atoms with Gasteiger partial charge in [-0.05, 0) is 57.0 Å². The topological polar surface area (TPSA) is 96.5 Å². The number of amides is 2. The number of rotatable bonds is 8. The van der Waals surface area contributed by atoms with Gasteiger partial charge in [0.2, 0.25) is 5.91 Å². The molecule has 0 bridgehead atoms. The van der Waals surface area contributed by atoms with E-state index in [1.807, 2.05) is 38.1 Å². The number of likely N-dealkylation sites (N-methyl/N-ethyl adjacent to an activating group) is 1. The van der Waals surface area contributed by atoms with Gasteiger partial charge in [-0.3, -0.25) is 9.59 Å². The number of carbonyl (C=O) groups is 3. The maximum absolute atomic E-state index is 12.5. The molecule has 0 unspecified atom stereocenters. The first-order valence-electron chi connectivity index (χ1n) is 9.50. The average molecular weight is 397 g/mol. The Bertz CT molecular complexity index is 895. The van der Waals surface area contributed by atoms with Gasteiger partial charge in [-0.15, -0.1) is 0 Å². The van der Waals surface area contributed by atoms with Crippen molar-refractivity contribution in [1.82, 2.24) is 10.6 Å². The molecule has 0 saturated heterocycles. The van der Waals surface area contributed by atoms with Crippen LogP contribution in [-0.2, 0) is 14.3 Å². The van der Waals surface area contributed by atoms with Gasteiger partial charge in [-0.1, -0.05) is 24.3 Å². The van der Waals surface area contributed by atoms with Crippen LogP contribution in [0.4, 0.5) is 11.4 Å². The second-order valence-electron chi connectivity index (χ2n) is 6.68. The minimum Gasteiger partial charge on any atom is -0.452 e. The molecule has 2 aromatic rings. The van der Waals surface area contributed by atoms with Crippen molar-refractivity contribution in [3.63, 3.8) is 0 Å². The molecule has 7 nitrogen and oxygen atoms in total. The first-order valence-corrected chi connectivity index (χ1v) is 9.50. The molecule has 2 aromatic carbocycles. The third-order valence-corrected chi connectivity index (χ3v) is 4.48. The Hall–Kier alpha value is -3.35. The van der Waals surface area contributed by atoms with E-state index in [-0.39, 0.29) is 5.91 Å². The zero-order valence-corrected chi connectivity index (χ0v) is 17.2. The molecule has 0 fully saturated rings. The van der Waals surface area contributed by atoms with E-state index in [2.05, 4.69) is 16.0 Å². The zero-order valence-electron chi connectivity index (χ0n) is 17.2.